The lowest BCUT2D eigenvalue weighted by Crippen LogP contribution is -2.42. The smallest absolute Gasteiger partial charge is 0.368 e. The molecule has 38 heavy (non-hydrogen) atoms. The van der Waals surface area contributed by atoms with Gasteiger partial charge in [-0.2, -0.15) is 23.4 Å². The first kappa shape index (κ1) is 25.5. The lowest BCUT2D eigenvalue weighted by atomic mass is 9.91. The summed E-state index contributed by atoms with van der Waals surface area (Å²) in [6, 6.07) is 2.60. The van der Waals surface area contributed by atoms with Crippen LogP contribution in [0.2, 0.25) is 0 Å². The molecule has 0 spiro atoms. The van der Waals surface area contributed by atoms with Gasteiger partial charge in [-0.3, -0.25) is 0 Å². The predicted molar refractivity (Wildman–Crippen MR) is 128 cm³/mol. The van der Waals surface area contributed by atoms with E-state index in [9.17, 15) is 18.4 Å². The third-order valence-electron chi connectivity index (χ3n) is 6.53. The molecule has 4 aromatic rings. The molecule has 0 aromatic carbocycles. The molecule has 10 nitrogen and oxygen atoms in total. The summed E-state index contributed by atoms with van der Waals surface area (Å²) in [5, 5.41) is 21.9. The number of fused-ring (bicyclic) bond motifs is 1. The second-order valence-electron chi connectivity index (χ2n) is 10.4. The summed E-state index contributed by atoms with van der Waals surface area (Å²) in [7, 11) is 1.65. The summed E-state index contributed by atoms with van der Waals surface area (Å²) >= 11 is 0. The Kier molecular flexibility index (Phi) is 5.85. The van der Waals surface area contributed by atoms with Crippen LogP contribution in [-0.4, -0.2) is 52.4 Å². The van der Waals surface area contributed by atoms with Gasteiger partial charge in [0.2, 0.25) is 0 Å². The molecule has 5 heterocycles. The van der Waals surface area contributed by atoms with Gasteiger partial charge >= 0.3 is 6.18 Å². The van der Waals surface area contributed by atoms with Gasteiger partial charge in [0, 0.05) is 56.4 Å². The van der Waals surface area contributed by atoms with E-state index in [0.29, 0.717) is 5.82 Å². The molecule has 0 unspecified atom stereocenters. The molecule has 0 aliphatic carbocycles. The zero-order valence-electron chi connectivity index (χ0n) is 21.1. The van der Waals surface area contributed by atoms with E-state index >= 15 is 4.39 Å². The Morgan fingerprint density at radius 1 is 1.11 bits per heavy atom. The first-order valence-corrected chi connectivity index (χ1v) is 11.8. The van der Waals surface area contributed by atoms with Gasteiger partial charge in [-0.25, -0.2) is 18.9 Å². The molecule has 0 N–H and O–H groups in total. The summed E-state index contributed by atoms with van der Waals surface area (Å²) in [6.07, 6.45) is -0.537. The van der Waals surface area contributed by atoms with Crippen LogP contribution in [0.25, 0.3) is 17.0 Å². The maximum Gasteiger partial charge on any atom is 0.433 e. The number of nitrogens with zero attached hydrogens (tertiary/aromatic N) is 10. The van der Waals surface area contributed by atoms with Gasteiger partial charge in [-0.15, -0.1) is 15.3 Å². The summed E-state index contributed by atoms with van der Waals surface area (Å²) in [6.45, 7) is 6.01. The summed E-state index contributed by atoms with van der Waals surface area (Å²) in [5.41, 5.74) is -3.28. The van der Waals surface area contributed by atoms with Crippen molar-refractivity contribution < 1.29 is 17.6 Å². The second-order valence-corrected chi connectivity index (χ2v) is 10.4. The molecule has 1 fully saturated rings. The second kappa shape index (κ2) is 8.71. The Morgan fingerprint density at radius 3 is 2.39 bits per heavy atom. The van der Waals surface area contributed by atoms with Crippen LogP contribution in [0.3, 0.4) is 0 Å². The largest absolute Gasteiger partial charge is 0.433 e. The lowest BCUT2D eigenvalue weighted by Gasteiger charge is -2.38. The summed E-state index contributed by atoms with van der Waals surface area (Å²) in [4.78, 5) is 14.3. The van der Waals surface area contributed by atoms with Crippen LogP contribution in [0.5, 0.6) is 0 Å². The zero-order chi connectivity index (χ0) is 27.5. The number of nitriles is 1. The fourth-order valence-electron chi connectivity index (χ4n) is 4.51. The van der Waals surface area contributed by atoms with E-state index in [0.717, 1.165) is 6.07 Å². The van der Waals surface area contributed by atoms with E-state index in [1.54, 1.807) is 11.9 Å². The fourth-order valence-corrected chi connectivity index (χ4v) is 4.51. The Balaban J connectivity index is 1.61. The molecular formula is C24H24F4N10. The van der Waals surface area contributed by atoms with Crippen molar-refractivity contribution in [1.29, 1.82) is 5.26 Å². The van der Waals surface area contributed by atoms with Gasteiger partial charge < -0.3 is 9.47 Å². The van der Waals surface area contributed by atoms with Crippen LogP contribution < -0.4 is 4.90 Å². The highest BCUT2D eigenvalue weighted by Gasteiger charge is 2.42. The molecule has 0 saturated carbocycles. The quantitative estimate of drug-likeness (QED) is 0.367. The van der Waals surface area contributed by atoms with Gasteiger partial charge in [0.25, 0.3) is 5.78 Å². The van der Waals surface area contributed by atoms with Gasteiger partial charge in [-0.1, -0.05) is 20.8 Å². The van der Waals surface area contributed by atoms with E-state index in [2.05, 4.69) is 30.2 Å². The van der Waals surface area contributed by atoms with Crippen molar-refractivity contribution in [3.05, 3.63) is 47.7 Å². The van der Waals surface area contributed by atoms with Crippen molar-refractivity contribution in [2.45, 2.75) is 50.9 Å². The number of aryl methyl sites for hydroxylation is 1. The van der Waals surface area contributed by atoms with Crippen LogP contribution in [0.15, 0.2) is 24.8 Å². The fraction of sp³-hybridized carbons (Fsp3) is 0.458. The van der Waals surface area contributed by atoms with E-state index in [1.165, 1.54) is 27.8 Å². The monoisotopic (exact) mass is 528 g/mol. The van der Waals surface area contributed by atoms with Gasteiger partial charge in [0.15, 0.2) is 17.3 Å². The number of aromatic nitrogens is 8. The average molecular weight is 529 g/mol. The van der Waals surface area contributed by atoms with E-state index in [-0.39, 0.29) is 65.5 Å². The van der Waals surface area contributed by atoms with Crippen molar-refractivity contribution in [3.8, 4) is 17.3 Å². The van der Waals surface area contributed by atoms with Gasteiger partial charge in [0.1, 0.15) is 18.1 Å². The van der Waals surface area contributed by atoms with Crippen LogP contribution in [-0.2, 0) is 24.3 Å². The average Bonchev–Trinajstić information content (AvgIpc) is 3.49. The Labute approximate surface area is 215 Å². The Hall–Kier alpha value is -4.15. The molecule has 0 radical (unpaired) electrons. The highest BCUT2D eigenvalue weighted by atomic mass is 19.4. The van der Waals surface area contributed by atoms with E-state index in [4.69, 9.17) is 0 Å². The molecule has 0 bridgehead atoms. The predicted octanol–water partition coefficient (Wildman–Crippen LogP) is 3.97. The van der Waals surface area contributed by atoms with E-state index < -0.39 is 17.5 Å². The van der Waals surface area contributed by atoms with Crippen molar-refractivity contribution in [2.75, 3.05) is 18.0 Å². The number of hydrogen-bond acceptors (Lipinski definition) is 8. The molecule has 14 heteroatoms. The van der Waals surface area contributed by atoms with Crippen molar-refractivity contribution in [1.82, 2.24) is 39.3 Å². The standard InChI is InChI=1S/C24H24F4N10/c1-22(2,3)19-33-21-30-11-15(12-38(21)35-19)17-18(14(10-29)9-16(32-17)24(26,27)28)37-7-5-23(25,6-8-37)20-34-31-13-36(20)4/h9,11-13H,5-8H2,1-4H3. The normalized spacial score (nSPS) is 16.1. The van der Waals surface area contributed by atoms with Crippen LogP contribution in [0.1, 0.15) is 56.5 Å². The third-order valence-corrected chi connectivity index (χ3v) is 6.53. The SMILES string of the molecule is Cn1cnnc1C1(F)CCN(c2c(C#N)cc(C(F)(F)F)nc2-c2cnc3nc(C(C)(C)C)nn3c2)CC1. The molecular weight excluding hydrogens is 504 g/mol. The third kappa shape index (κ3) is 4.42. The van der Waals surface area contributed by atoms with Gasteiger partial charge in [-0.05, 0) is 6.07 Å². The number of halogens is 4. The Morgan fingerprint density at radius 2 is 1.82 bits per heavy atom. The van der Waals surface area contributed by atoms with Crippen LogP contribution in [0, 0.1) is 11.3 Å². The number of anilines is 1. The molecule has 1 saturated heterocycles. The summed E-state index contributed by atoms with van der Waals surface area (Å²) in [5.74, 6) is 0.965. The highest BCUT2D eigenvalue weighted by molar-refractivity contribution is 5.80. The molecule has 0 atom stereocenters. The lowest BCUT2D eigenvalue weighted by molar-refractivity contribution is -0.141. The number of alkyl halides is 4. The minimum atomic E-state index is -4.79. The van der Waals surface area contributed by atoms with Gasteiger partial charge in [0.05, 0.1) is 16.9 Å². The minimum absolute atomic E-state index is 0.000167. The first-order chi connectivity index (χ1) is 17.8. The zero-order valence-corrected chi connectivity index (χ0v) is 21.1. The number of piperidine rings is 1. The Bertz CT molecular complexity index is 1550. The molecule has 4 aromatic heterocycles. The molecule has 0 amide bonds. The number of pyridine rings is 1. The van der Waals surface area contributed by atoms with Crippen LogP contribution in [0.4, 0.5) is 23.2 Å². The molecule has 5 rings (SSSR count). The number of hydrogen-bond donors (Lipinski definition) is 0. The van der Waals surface area contributed by atoms with Crippen molar-refractivity contribution in [3.63, 3.8) is 0 Å². The molecule has 198 valence electrons. The minimum Gasteiger partial charge on any atom is -0.368 e. The first-order valence-electron chi connectivity index (χ1n) is 11.8. The maximum absolute atomic E-state index is 15.8. The maximum atomic E-state index is 15.8. The molecule has 1 aliphatic heterocycles. The highest BCUT2D eigenvalue weighted by Crippen LogP contribution is 2.42. The van der Waals surface area contributed by atoms with E-state index in [1.807, 2.05) is 26.8 Å². The van der Waals surface area contributed by atoms with Crippen molar-refractivity contribution >= 4 is 11.5 Å². The summed E-state index contributed by atoms with van der Waals surface area (Å²) < 4.78 is 60.0. The number of rotatable bonds is 3. The van der Waals surface area contributed by atoms with Crippen molar-refractivity contribution in [2.24, 2.45) is 7.05 Å². The van der Waals surface area contributed by atoms with Crippen LogP contribution >= 0.6 is 0 Å². The topological polar surface area (TPSA) is 114 Å². The molecule has 1 aliphatic rings.